The molecule has 0 aliphatic carbocycles. The fourth-order valence-electron chi connectivity index (χ4n) is 3.35. The van der Waals surface area contributed by atoms with E-state index in [4.69, 9.17) is 0 Å². The zero-order valence-electron chi connectivity index (χ0n) is 18.5. The fourth-order valence-corrected chi connectivity index (χ4v) is 4.05. The lowest BCUT2D eigenvalue weighted by atomic mass is 10.1. The van der Waals surface area contributed by atoms with Crippen LogP contribution in [0, 0.1) is 0 Å². The Hall–Kier alpha value is -4.10. The van der Waals surface area contributed by atoms with E-state index in [1.165, 1.54) is 18.7 Å². The Kier molecular flexibility index (Phi) is 7.25. The Morgan fingerprint density at radius 1 is 0.676 bits per heavy atom. The van der Waals surface area contributed by atoms with E-state index < -0.39 is 0 Å². The van der Waals surface area contributed by atoms with E-state index in [1.54, 1.807) is 24.3 Å². The van der Waals surface area contributed by atoms with Crippen LogP contribution in [0.4, 0.5) is 17.1 Å². The second kappa shape index (κ2) is 10.7. The number of carbonyl (C=O) groups excluding carboxylic acids is 3. The van der Waals surface area contributed by atoms with Crippen molar-refractivity contribution in [1.82, 2.24) is 0 Å². The third-order valence-electron chi connectivity index (χ3n) is 4.98. The molecule has 4 aromatic carbocycles. The standard InChI is InChI=1S/C27H23N3O3S/c1-18(31)28-22-8-10-23(11-9-22)29-26(32)17-34-25-14-12-24(13-15-25)30-27(33)21-7-6-19-4-2-3-5-20(19)16-21/h2-16H,17H2,1H3,(H,28,31)(H,29,32)(H,30,33). The first-order valence-electron chi connectivity index (χ1n) is 10.7. The lowest BCUT2D eigenvalue weighted by molar-refractivity contribution is -0.114. The summed E-state index contributed by atoms with van der Waals surface area (Å²) in [5.41, 5.74) is 2.62. The third kappa shape index (κ3) is 6.24. The van der Waals surface area contributed by atoms with Crippen molar-refractivity contribution in [2.75, 3.05) is 21.7 Å². The quantitative estimate of drug-likeness (QED) is 0.299. The molecule has 0 saturated heterocycles. The lowest BCUT2D eigenvalue weighted by Gasteiger charge is -2.08. The molecule has 0 aliphatic heterocycles. The Morgan fingerprint density at radius 3 is 1.94 bits per heavy atom. The molecular weight excluding hydrogens is 446 g/mol. The van der Waals surface area contributed by atoms with Crippen molar-refractivity contribution < 1.29 is 14.4 Å². The monoisotopic (exact) mass is 469 g/mol. The molecule has 4 rings (SSSR count). The highest BCUT2D eigenvalue weighted by Crippen LogP contribution is 2.22. The first kappa shape index (κ1) is 23.1. The Morgan fingerprint density at radius 2 is 1.26 bits per heavy atom. The van der Waals surface area contributed by atoms with Crippen molar-refractivity contribution in [2.24, 2.45) is 0 Å². The van der Waals surface area contributed by atoms with Crippen LogP contribution >= 0.6 is 11.8 Å². The normalized spacial score (nSPS) is 10.5. The van der Waals surface area contributed by atoms with Crippen molar-refractivity contribution >= 4 is 57.3 Å². The zero-order valence-corrected chi connectivity index (χ0v) is 19.3. The van der Waals surface area contributed by atoms with Crippen LogP contribution in [-0.4, -0.2) is 23.5 Å². The summed E-state index contributed by atoms with van der Waals surface area (Å²) >= 11 is 1.40. The molecule has 0 bridgehead atoms. The summed E-state index contributed by atoms with van der Waals surface area (Å²) in [4.78, 5) is 36.9. The van der Waals surface area contributed by atoms with Gasteiger partial charge in [-0.1, -0.05) is 30.3 Å². The van der Waals surface area contributed by atoms with E-state index in [1.807, 2.05) is 66.7 Å². The van der Waals surface area contributed by atoms with Crippen LogP contribution in [0.2, 0.25) is 0 Å². The van der Waals surface area contributed by atoms with Gasteiger partial charge < -0.3 is 16.0 Å². The van der Waals surface area contributed by atoms with E-state index in [0.29, 0.717) is 22.6 Å². The summed E-state index contributed by atoms with van der Waals surface area (Å²) in [7, 11) is 0. The molecule has 0 aromatic heterocycles. The number of fused-ring (bicyclic) bond motifs is 1. The molecule has 34 heavy (non-hydrogen) atoms. The second-order valence-corrected chi connectivity index (χ2v) is 8.68. The summed E-state index contributed by atoms with van der Waals surface area (Å²) in [5, 5.41) is 10.5. The highest BCUT2D eigenvalue weighted by molar-refractivity contribution is 8.00. The smallest absolute Gasteiger partial charge is 0.255 e. The molecule has 3 N–H and O–H groups in total. The van der Waals surface area contributed by atoms with Crippen molar-refractivity contribution in [2.45, 2.75) is 11.8 Å². The number of nitrogens with one attached hydrogen (secondary N) is 3. The molecule has 0 unspecified atom stereocenters. The van der Waals surface area contributed by atoms with Gasteiger partial charge in [0.25, 0.3) is 5.91 Å². The molecule has 0 fully saturated rings. The maximum absolute atomic E-state index is 12.6. The highest BCUT2D eigenvalue weighted by atomic mass is 32.2. The first-order valence-corrected chi connectivity index (χ1v) is 11.7. The summed E-state index contributed by atoms with van der Waals surface area (Å²) in [6.07, 6.45) is 0. The molecule has 0 atom stereocenters. The van der Waals surface area contributed by atoms with Gasteiger partial charge in [-0.3, -0.25) is 14.4 Å². The highest BCUT2D eigenvalue weighted by Gasteiger charge is 2.08. The van der Waals surface area contributed by atoms with Gasteiger partial charge in [0.1, 0.15) is 0 Å². The van der Waals surface area contributed by atoms with Gasteiger partial charge in [0, 0.05) is 34.4 Å². The van der Waals surface area contributed by atoms with Crippen molar-refractivity contribution in [3.63, 3.8) is 0 Å². The van der Waals surface area contributed by atoms with E-state index in [9.17, 15) is 14.4 Å². The predicted molar refractivity (Wildman–Crippen MR) is 138 cm³/mol. The van der Waals surface area contributed by atoms with Gasteiger partial charge in [0.2, 0.25) is 11.8 Å². The number of hydrogen-bond donors (Lipinski definition) is 3. The van der Waals surface area contributed by atoms with Crippen LogP contribution in [0.1, 0.15) is 17.3 Å². The molecule has 0 spiro atoms. The Bertz CT molecular complexity index is 1340. The molecule has 3 amide bonds. The average molecular weight is 470 g/mol. The van der Waals surface area contributed by atoms with Gasteiger partial charge in [-0.2, -0.15) is 0 Å². The molecule has 0 saturated carbocycles. The maximum Gasteiger partial charge on any atom is 0.255 e. The summed E-state index contributed by atoms with van der Waals surface area (Å²) in [6.45, 7) is 1.44. The number of anilines is 3. The molecule has 0 heterocycles. The van der Waals surface area contributed by atoms with Gasteiger partial charge in [-0.05, 0) is 71.4 Å². The van der Waals surface area contributed by atoms with Crippen molar-refractivity contribution in [1.29, 1.82) is 0 Å². The minimum atomic E-state index is -0.171. The second-order valence-electron chi connectivity index (χ2n) is 7.64. The molecule has 6 nitrogen and oxygen atoms in total. The van der Waals surface area contributed by atoms with E-state index in [0.717, 1.165) is 15.7 Å². The zero-order chi connectivity index (χ0) is 23.9. The minimum absolute atomic E-state index is 0.133. The number of rotatable bonds is 7. The van der Waals surface area contributed by atoms with Gasteiger partial charge in [0.05, 0.1) is 5.75 Å². The van der Waals surface area contributed by atoms with E-state index in [-0.39, 0.29) is 23.5 Å². The van der Waals surface area contributed by atoms with Gasteiger partial charge in [-0.15, -0.1) is 11.8 Å². The number of benzene rings is 4. The average Bonchev–Trinajstić information content (AvgIpc) is 2.84. The summed E-state index contributed by atoms with van der Waals surface area (Å²) < 4.78 is 0. The molecule has 7 heteroatoms. The Balaban J connectivity index is 1.28. The SMILES string of the molecule is CC(=O)Nc1ccc(NC(=O)CSc2ccc(NC(=O)c3ccc4ccccc4c3)cc2)cc1. The van der Waals surface area contributed by atoms with Crippen LogP contribution in [0.15, 0.2) is 95.9 Å². The van der Waals surface area contributed by atoms with Crippen LogP contribution in [0.25, 0.3) is 10.8 Å². The van der Waals surface area contributed by atoms with E-state index >= 15 is 0 Å². The van der Waals surface area contributed by atoms with Crippen LogP contribution in [-0.2, 0) is 9.59 Å². The largest absolute Gasteiger partial charge is 0.326 e. The van der Waals surface area contributed by atoms with Gasteiger partial charge in [-0.25, -0.2) is 0 Å². The van der Waals surface area contributed by atoms with Crippen LogP contribution in [0.3, 0.4) is 0 Å². The van der Waals surface area contributed by atoms with E-state index in [2.05, 4.69) is 16.0 Å². The number of thioether (sulfide) groups is 1. The topological polar surface area (TPSA) is 87.3 Å². The fraction of sp³-hybridized carbons (Fsp3) is 0.0741. The summed E-state index contributed by atoms with van der Waals surface area (Å²) in [5.74, 6) is -0.204. The predicted octanol–water partition coefficient (Wildman–Crippen LogP) is 5.78. The number of hydrogen-bond acceptors (Lipinski definition) is 4. The summed E-state index contributed by atoms with van der Waals surface area (Å²) in [6, 6.07) is 27.9. The number of amides is 3. The molecular formula is C27H23N3O3S. The van der Waals surface area contributed by atoms with Crippen molar-refractivity contribution in [3.05, 3.63) is 96.6 Å². The van der Waals surface area contributed by atoms with Gasteiger partial charge in [0.15, 0.2) is 0 Å². The third-order valence-corrected chi connectivity index (χ3v) is 5.99. The molecule has 0 aliphatic rings. The van der Waals surface area contributed by atoms with Crippen molar-refractivity contribution in [3.8, 4) is 0 Å². The maximum atomic E-state index is 12.6. The Labute approximate surface area is 201 Å². The molecule has 170 valence electrons. The van der Waals surface area contributed by atoms with Crippen LogP contribution < -0.4 is 16.0 Å². The molecule has 4 aromatic rings. The lowest BCUT2D eigenvalue weighted by Crippen LogP contribution is -2.14. The molecule has 0 radical (unpaired) electrons. The first-order chi connectivity index (χ1) is 16.5. The van der Waals surface area contributed by atoms with Crippen LogP contribution in [0.5, 0.6) is 0 Å². The van der Waals surface area contributed by atoms with Gasteiger partial charge >= 0.3 is 0 Å². The number of carbonyl (C=O) groups is 3. The minimum Gasteiger partial charge on any atom is -0.326 e.